The number of anilines is 2. The molecular formula is C19H25N3O2S. The van der Waals surface area contributed by atoms with Crippen molar-refractivity contribution in [1.82, 2.24) is 4.98 Å². The van der Waals surface area contributed by atoms with Crippen molar-refractivity contribution >= 4 is 21.5 Å². The number of hydrogen-bond acceptors (Lipinski definition) is 4. The van der Waals surface area contributed by atoms with Gasteiger partial charge in [-0.2, -0.15) is 0 Å². The van der Waals surface area contributed by atoms with Crippen LogP contribution >= 0.6 is 0 Å². The van der Waals surface area contributed by atoms with Gasteiger partial charge >= 0.3 is 0 Å². The Kier molecular flexibility index (Phi) is 5.58. The normalized spacial score (nSPS) is 14.0. The number of nitrogens with zero attached hydrogens (tertiary/aromatic N) is 1. The Labute approximate surface area is 149 Å². The van der Waals surface area contributed by atoms with E-state index in [9.17, 15) is 8.42 Å². The molecule has 1 heterocycles. The Morgan fingerprint density at radius 3 is 2.60 bits per heavy atom. The van der Waals surface area contributed by atoms with Crippen molar-refractivity contribution in [3.63, 3.8) is 0 Å². The fourth-order valence-corrected chi connectivity index (χ4v) is 4.10. The summed E-state index contributed by atoms with van der Waals surface area (Å²) in [7, 11) is -3.61. The highest BCUT2D eigenvalue weighted by Crippen LogP contribution is 2.25. The zero-order valence-corrected chi connectivity index (χ0v) is 15.4. The molecule has 2 aromatic rings. The molecule has 0 bridgehead atoms. The highest BCUT2D eigenvalue weighted by molar-refractivity contribution is 7.92. The number of sulfonamides is 1. The molecule has 0 spiro atoms. The number of hydrogen-bond donors (Lipinski definition) is 2. The van der Waals surface area contributed by atoms with Gasteiger partial charge in [-0.3, -0.25) is 4.72 Å². The maximum atomic E-state index is 12.6. The highest BCUT2D eigenvalue weighted by Gasteiger charge is 2.18. The van der Waals surface area contributed by atoms with E-state index in [4.69, 9.17) is 0 Å². The molecule has 1 aromatic heterocycles. The van der Waals surface area contributed by atoms with Crippen molar-refractivity contribution < 1.29 is 8.42 Å². The van der Waals surface area contributed by atoms with Gasteiger partial charge in [0.1, 0.15) is 5.82 Å². The second-order valence-corrected chi connectivity index (χ2v) is 8.14. The van der Waals surface area contributed by atoms with E-state index in [1.54, 1.807) is 24.4 Å². The van der Waals surface area contributed by atoms with E-state index in [2.05, 4.69) is 21.9 Å². The first-order valence-electron chi connectivity index (χ1n) is 8.93. The van der Waals surface area contributed by atoms with Gasteiger partial charge in [-0.25, -0.2) is 13.4 Å². The molecule has 25 heavy (non-hydrogen) atoms. The number of pyridine rings is 1. The Morgan fingerprint density at radius 2 is 1.88 bits per heavy atom. The lowest BCUT2D eigenvalue weighted by Gasteiger charge is -2.17. The number of fused-ring (bicyclic) bond motifs is 1. The van der Waals surface area contributed by atoms with E-state index in [0.29, 0.717) is 10.7 Å². The van der Waals surface area contributed by atoms with Crippen LogP contribution in [-0.4, -0.2) is 19.9 Å². The van der Waals surface area contributed by atoms with Crippen LogP contribution in [-0.2, 0) is 22.9 Å². The number of aromatic nitrogens is 1. The van der Waals surface area contributed by atoms with Gasteiger partial charge < -0.3 is 5.32 Å². The second-order valence-electron chi connectivity index (χ2n) is 6.46. The van der Waals surface area contributed by atoms with Crippen LogP contribution < -0.4 is 10.0 Å². The summed E-state index contributed by atoms with van der Waals surface area (Å²) in [6.45, 7) is 3.02. The molecule has 3 rings (SSSR count). The fourth-order valence-electron chi connectivity index (χ4n) is 3.04. The van der Waals surface area contributed by atoms with Crippen LogP contribution in [0.3, 0.4) is 0 Å². The summed E-state index contributed by atoms with van der Waals surface area (Å²) in [6, 6.07) is 8.96. The average molecular weight is 359 g/mol. The van der Waals surface area contributed by atoms with Crippen LogP contribution in [0, 0.1) is 0 Å². The van der Waals surface area contributed by atoms with Crippen LogP contribution in [0.4, 0.5) is 11.5 Å². The van der Waals surface area contributed by atoms with Gasteiger partial charge in [-0.15, -0.1) is 0 Å². The molecule has 2 N–H and O–H groups in total. The van der Waals surface area contributed by atoms with Crippen LogP contribution in [0.25, 0.3) is 0 Å². The van der Waals surface area contributed by atoms with Gasteiger partial charge in [0.25, 0.3) is 10.0 Å². The van der Waals surface area contributed by atoms with E-state index in [-0.39, 0.29) is 0 Å². The number of benzene rings is 1. The first-order valence-corrected chi connectivity index (χ1v) is 10.4. The van der Waals surface area contributed by atoms with Crippen LogP contribution in [0.15, 0.2) is 41.4 Å². The molecule has 0 radical (unpaired) electrons. The monoisotopic (exact) mass is 359 g/mol. The van der Waals surface area contributed by atoms with E-state index in [1.807, 2.05) is 12.1 Å². The van der Waals surface area contributed by atoms with Gasteiger partial charge in [0, 0.05) is 6.54 Å². The second kappa shape index (κ2) is 7.87. The van der Waals surface area contributed by atoms with Crippen molar-refractivity contribution in [3.05, 3.63) is 47.7 Å². The third-order valence-corrected chi connectivity index (χ3v) is 5.84. The summed E-state index contributed by atoms with van der Waals surface area (Å²) in [5, 5.41) is 3.26. The van der Waals surface area contributed by atoms with E-state index in [1.165, 1.54) is 12.0 Å². The molecule has 0 saturated heterocycles. The summed E-state index contributed by atoms with van der Waals surface area (Å²) in [5.74, 6) is 0.332. The molecule has 1 aliphatic rings. The van der Waals surface area contributed by atoms with Gasteiger partial charge in [0.2, 0.25) is 0 Å². The van der Waals surface area contributed by atoms with Crippen LogP contribution in [0.1, 0.15) is 43.7 Å². The minimum absolute atomic E-state index is 0.306. The lowest BCUT2D eigenvalue weighted by Crippen LogP contribution is -2.15. The SMILES string of the molecule is CCCCNc1ccc(NS(=O)(=O)c2ccc3c(c2)CCCC3)nc1. The van der Waals surface area contributed by atoms with E-state index >= 15 is 0 Å². The molecule has 5 nitrogen and oxygen atoms in total. The highest BCUT2D eigenvalue weighted by atomic mass is 32.2. The zero-order valence-electron chi connectivity index (χ0n) is 14.6. The predicted octanol–water partition coefficient (Wildman–Crippen LogP) is 3.97. The number of aryl methyl sites for hydroxylation is 2. The lowest BCUT2D eigenvalue weighted by atomic mass is 9.92. The van der Waals surface area contributed by atoms with Gasteiger partial charge in [0.15, 0.2) is 0 Å². The van der Waals surface area contributed by atoms with Crippen LogP contribution in [0.2, 0.25) is 0 Å². The molecule has 0 unspecified atom stereocenters. The fraction of sp³-hybridized carbons (Fsp3) is 0.421. The van der Waals surface area contributed by atoms with Crippen molar-refractivity contribution in [2.45, 2.75) is 50.3 Å². The Bertz CT molecular complexity index is 817. The van der Waals surface area contributed by atoms with Crippen molar-refractivity contribution in [3.8, 4) is 0 Å². The number of unbranched alkanes of at least 4 members (excludes halogenated alkanes) is 1. The summed E-state index contributed by atoms with van der Waals surface area (Å²) >= 11 is 0. The molecule has 0 aliphatic heterocycles. The van der Waals surface area contributed by atoms with Crippen molar-refractivity contribution in [2.75, 3.05) is 16.6 Å². The quantitative estimate of drug-likeness (QED) is 0.734. The molecule has 0 saturated carbocycles. The topological polar surface area (TPSA) is 71.1 Å². The summed E-state index contributed by atoms with van der Waals surface area (Å²) in [6.07, 6.45) is 8.16. The molecule has 134 valence electrons. The zero-order chi connectivity index (χ0) is 17.7. The smallest absolute Gasteiger partial charge is 0.263 e. The minimum atomic E-state index is -3.61. The third kappa shape index (κ3) is 4.51. The molecule has 0 amide bonds. The molecule has 1 aromatic carbocycles. The van der Waals surface area contributed by atoms with E-state index in [0.717, 1.165) is 49.9 Å². The first kappa shape index (κ1) is 17.7. The van der Waals surface area contributed by atoms with Gasteiger partial charge in [-0.05, 0) is 67.5 Å². The summed E-state index contributed by atoms with van der Waals surface area (Å²) in [5.41, 5.74) is 3.31. The maximum Gasteiger partial charge on any atom is 0.263 e. The van der Waals surface area contributed by atoms with E-state index < -0.39 is 10.0 Å². The van der Waals surface area contributed by atoms with Crippen molar-refractivity contribution in [1.29, 1.82) is 0 Å². The maximum absolute atomic E-state index is 12.6. The number of nitrogens with one attached hydrogen (secondary N) is 2. The number of rotatable bonds is 7. The lowest BCUT2D eigenvalue weighted by molar-refractivity contribution is 0.600. The largest absolute Gasteiger partial charge is 0.384 e. The summed E-state index contributed by atoms with van der Waals surface area (Å²) in [4.78, 5) is 4.51. The molecular weight excluding hydrogens is 334 g/mol. The Hall–Kier alpha value is -2.08. The molecule has 0 atom stereocenters. The Balaban J connectivity index is 1.71. The van der Waals surface area contributed by atoms with Gasteiger partial charge in [0.05, 0.1) is 16.8 Å². The average Bonchev–Trinajstić information content (AvgIpc) is 2.63. The van der Waals surface area contributed by atoms with Crippen molar-refractivity contribution in [2.24, 2.45) is 0 Å². The van der Waals surface area contributed by atoms with Gasteiger partial charge in [-0.1, -0.05) is 19.4 Å². The standard InChI is InChI=1S/C19H25N3O2S/c1-2-3-12-20-17-9-11-19(21-14-17)22-25(23,24)18-10-8-15-6-4-5-7-16(15)13-18/h8-11,13-14,20H,2-7,12H2,1H3,(H,21,22). The summed E-state index contributed by atoms with van der Waals surface area (Å²) < 4.78 is 27.8. The first-order chi connectivity index (χ1) is 12.1. The molecule has 6 heteroatoms. The van der Waals surface area contributed by atoms with Crippen LogP contribution in [0.5, 0.6) is 0 Å². The molecule has 0 fully saturated rings. The predicted molar refractivity (Wildman–Crippen MR) is 102 cm³/mol. The minimum Gasteiger partial charge on any atom is -0.384 e. The third-order valence-electron chi connectivity index (χ3n) is 4.49. The Morgan fingerprint density at radius 1 is 1.08 bits per heavy atom. The molecule has 1 aliphatic carbocycles.